The largest absolute Gasteiger partial charge is 0.207 e. The Morgan fingerprint density at radius 1 is 1.26 bits per heavy atom. The minimum absolute atomic E-state index is 0.137. The van der Waals surface area contributed by atoms with Crippen LogP contribution in [0.15, 0.2) is 18.2 Å². The third-order valence-electron chi connectivity index (χ3n) is 4.58. The first-order chi connectivity index (χ1) is 8.82. The normalized spacial score (nSPS) is 28.4. The summed E-state index contributed by atoms with van der Waals surface area (Å²) in [6, 6.07) is 4.61. The van der Waals surface area contributed by atoms with E-state index in [4.69, 9.17) is 23.2 Å². The summed E-state index contributed by atoms with van der Waals surface area (Å²) in [5.41, 5.74) is 0.672. The number of hydrogen-bond acceptors (Lipinski definition) is 0. The summed E-state index contributed by atoms with van der Waals surface area (Å²) in [4.78, 5) is 0. The molecule has 0 radical (unpaired) electrons. The van der Waals surface area contributed by atoms with Crippen LogP contribution in [-0.4, -0.2) is 5.38 Å². The van der Waals surface area contributed by atoms with Crippen molar-refractivity contribution in [1.82, 2.24) is 0 Å². The molecule has 0 heterocycles. The fourth-order valence-electron chi connectivity index (χ4n) is 3.32. The summed E-state index contributed by atoms with van der Waals surface area (Å²) in [6.45, 7) is 6.50. The van der Waals surface area contributed by atoms with Crippen molar-refractivity contribution in [2.24, 2.45) is 11.8 Å². The summed E-state index contributed by atoms with van der Waals surface area (Å²) in [6.07, 6.45) is 3.29. The van der Waals surface area contributed by atoms with Crippen LogP contribution in [0.4, 0.5) is 4.39 Å². The van der Waals surface area contributed by atoms with E-state index in [0.717, 1.165) is 18.4 Å². The van der Waals surface area contributed by atoms with Gasteiger partial charge in [-0.05, 0) is 53.9 Å². The molecule has 0 nitrogen and oxygen atoms in total. The van der Waals surface area contributed by atoms with Gasteiger partial charge in [0.2, 0.25) is 0 Å². The lowest BCUT2D eigenvalue weighted by Crippen LogP contribution is -2.39. The van der Waals surface area contributed by atoms with Crippen LogP contribution >= 0.6 is 23.2 Å². The van der Waals surface area contributed by atoms with E-state index < -0.39 is 0 Å². The smallest absolute Gasteiger partial charge is 0.123 e. The molecule has 1 saturated carbocycles. The highest BCUT2D eigenvalue weighted by molar-refractivity contribution is 6.31. The lowest BCUT2D eigenvalue weighted by atomic mass is 9.65. The molecule has 0 aromatic heterocycles. The fraction of sp³-hybridized carbons (Fsp3) is 0.625. The maximum absolute atomic E-state index is 13.5. The molecule has 0 amide bonds. The molecule has 0 N–H and O–H groups in total. The number of halogens is 3. The standard InChI is InChI=1S/C16H21Cl2F/c1-10-4-6-12(15(18)8-10)16(2,3)13-9-11(19)5-7-14(13)17/h5,7,9-10,12,15H,4,6,8H2,1-3H3. The quantitative estimate of drug-likeness (QED) is 0.606. The SMILES string of the molecule is CC1CCC(C(C)(C)c2cc(F)ccc2Cl)C(Cl)C1. The second-order valence-corrected chi connectivity index (χ2v) is 7.35. The Balaban J connectivity index is 2.33. The van der Waals surface area contributed by atoms with E-state index in [1.807, 2.05) is 0 Å². The van der Waals surface area contributed by atoms with E-state index in [2.05, 4.69) is 20.8 Å². The molecule has 1 aromatic rings. The Kier molecular flexibility index (Phi) is 4.47. The first kappa shape index (κ1) is 15.1. The molecule has 0 spiro atoms. The molecule has 1 aliphatic rings. The average Bonchev–Trinajstić information content (AvgIpc) is 2.31. The summed E-state index contributed by atoms with van der Waals surface area (Å²) < 4.78 is 13.5. The van der Waals surface area contributed by atoms with Gasteiger partial charge < -0.3 is 0 Å². The molecule has 1 fully saturated rings. The van der Waals surface area contributed by atoms with Gasteiger partial charge in [-0.1, -0.05) is 38.8 Å². The second-order valence-electron chi connectivity index (χ2n) is 6.39. The van der Waals surface area contributed by atoms with Gasteiger partial charge in [0, 0.05) is 10.4 Å². The van der Waals surface area contributed by atoms with Crippen LogP contribution in [0.3, 0.4) is 0 Å². The molecule has 2 rings (SSSR count). The van der Waals surface area contributed by atoms with E-state index >= 15 is 0 Å². The molecule has 0 aliphatic heterocycles. The predicted octanol–water partition coefficient (Wildman–Crippen LogP) is 5.80. The van der Waals surface area contributed by atoms with Crippen molar-refractivity contribution in [2.45, 2.75) is 50.8 Å². The Hall–Kier alpha value is -0.270. The lowest BCUT2D eigenvalue weighted by molar-refractivity contribution is 0.207. The average molecular weight is 303 g/mol. The molecule has 19 heavy (non-hydrogen) atoms. The minimum Gasteiger partial charge on any atom is -0.207 e. The Morgan fingerprint density at radius 2 is 1.95 bits per heavy atom. The number of rotatable bonds is 2. The van der Waals surface area contributed by atoms with Gasteiger partial charge in [0.1, 0.15) is 5.82 Å². The van der Waals surface area contributed by atoms with Crippen molar-refractivity contribution in [2.75, 3.05) is 0 Å². The summed E-state index contributed by atoms with van der Waals surface area (Å²) in [5.74, 6) is 0.782. The maximum Gasteiger partial charge on any atom is 0.123 e. The van der Waals surface area contributed by atoms with Gasteiger partial charge in [-0.15, -0.1) is 11.6 Å². The lowest BCUT2D eigenvalue weighted by Gasteiger charge is -2.42. The Labute approximate surface area is 125 Å². The van der Waals surface area contributed by atoms with Crippen LogP contribution in [0.1, 0.15) is 45.6 Å². The van der Waals surface area contributed by atoms with Gasteiger partial charge in [-0.2, -0.15) is 0 Å². The van der Waals surface area contributed by atoms with Crippen LogP contribution in [0, 0.1) is 17.7 Å². The summed E-state index contributed by atoms with van der Waals surface area (Å²) in [5, 5.41) is 0.770. The molecule has 3 atom stereocenters. The highest BCUT2D eigenvalue weighted by atomic mass is 35.5. The summed E-state index contributed by atoms with van der Waals surface area (Å²) >= 11 is 12.8. The van der Waals surface area contributed by atoms with Gasteiger partial charge >= 0.3 is 0 Å². The van der Waals surface area contributed by atoms with Crippen molar-refractivity contribution >= 4 is 23.2 Å². The molecule has 3 heteroatoms. The maximum atomic E-state index is 13.5. The highest BCUT2D eigenvalue weighted by Crippen LogP contribution is 2.46. The van der Waals surface area contributed by atoms with Crippen molar-refractivity contribution in [3.05, 3.63) is 34.6 Å². The van der Waals surface area contributed by atoms with E-state index in [1.165, 1.54) is 12.5 Å². The fourth-order valence-corrected chi connectivity index (χ4v) is 4.42. The number of benzene rings is 1. The van der Waals surface area contributed by atoms with Crippen LogP contribution in [0.2, 0.25) is 5.02 Å². The topological polar surface area (TPSA) is 0 Å². The monoisotopic (exact) mass is 302 g/mol. The van der Waals surface area contributed by atoms with Gasteiger partial charge in [0.25, 0.3) is 0 Å². The zero-order valence-electron chi connectivity index (χ0n) is 11.7. The van der Waals surface area contributed by atoms with E-state index in [-0.39, 0.29) is 16.6 Å². The van der Waals surface area contributed by atoms with Crippen LogP contribution in [0.5, 0.6) is 0 Å². The van der Waals surface area contributed by atoms with Gasteiger partial charge in [0.05, 0.1) is 0 Å². The molecule has 1 aliphatic carbocycles. The first-order valence-corrected chi connectivity index (χ1v) is 7.73. The second kappa shape index (κ2) is 5.61. The molecular weight excluding hydrogens is 282 g/mol. The van der Waals surface area contributed by atoms with E-state index in [0.29, 0.717) is 16.9 Å². The molecule has 0 saturated heterocycles. The molecule has 3 unspecified atom stereocenters. The Morgan fingerprint density at radius 3 is 2.58 bits per heavy atom. The summed E-state index contributed by atoms with van der Waals surface area (Å²) in [7, 11) is 0. The van der Waals surface area contributed by atoms with Crippen molar-refractivity contribution in [3.63, 3.8) is 0 Å². The van der Waals surface area contributed by atoms with Crippen molar-refractivity contribution in [3.8, 4) is 0 Å². The van der Waals surface area contributed by atoms with Crippen LogP contribution in [0.25, 0.3) is 0 Å². The van der Waals surface area contributed by atoms with Crippen LogP contribution in [-0.2, 0) is 5.41 Å². The third-order valence-corrected chi connectivity index (χ3v) is 5.40. The molecule has 106 valence electrons. The molecule has 0 bridgehead atoms. The predicted molar refractivity (Wildman–Crippen MR) is 80.6 cm³/mol. The zero-order valence-corrected chi connectivity index (χ0v) is 13.2. The first-order valence-electron chi connectivity index (χ1n) is 6.92. The van der Waals surface area contributed by atoms with Gasteiger partial charge in [-0.25, -0.2) is 4.39 Å². The van der Waals surface area contributed by atoms with E-state index in [1.54, 1.807) is 12.1 Å². The molecular formula is C16H21Cl2F. The van der Waals surface area contributed by atoms with Gasteiger partial charge in [-0.3, -0.25) is 0 Å². The Bertz CT molecular complexity index is 456. The number of hydrogen-bond donors (Lipinski definition) is 0. The minimum atomic E-state index is -0.234. The van der Waals surface area contributed by atoms with E-state index in [9.17, 15) is 4.39 Å². The number of alkyl halides is 1. The van der Waals surface area contributed by atoms with Gasteiger partial charge in [0.15, 0.2) is 0 Å². The van der Waals surface area contributed by atoms with Crippen molar-refractivity contribution < 1.29 is 4.39 Å². The van der Waals surface area contributed by atoms with Crippen LogP contribution < -0.4 is 0 Å². The molecule has 1 aromatic carbocycles. The van der Waals surface area contributed by atoms with Crippen molar-refractivity contribution in [1.29, 1.82) is 0 Å². The zero-order chi connectivity index (χ0) is 14.2. The third kappa shape index (κ3) is 3.08. The highest BCUT2D eigenvalue weighted by Gasteiger charge is 2.40.